The van der Waals surface area contributed by atoms with Gasteiger partial charge in [-0.05, 0) is 64.1 Å². The molecule has 1 amide bonds. The molecule has 6 nitrogen and oxygen atoms in total. The zero-order valence-electron chi connectivity index (χ0n) is 17.9. The van der Waals surface area contributed by atoms with Gasteiger partial charge in [-0.25, -0.2) is 0 Å². The molecule has 5 rings (SSSR count). The Bertz CT molecular complexity index is 1310. The average Bonchev–Trinajstić information content (AvgIpc) is 3.41. The molecular formula is C25H18INO5S2. The number of halogens is 1. The van der Waals surface area contributed by atoms with Crippen molar-refractivity contribution in [3.05, 3.63) is 80.3 Å². The van der Waals surface area contributed by atoms with Crippen molar-refractivity contribution in [1.82, 2.24) is 0 Å². The van der Waals surface area contributed by atoms with Gasteiger partial charge >= 0.3 is 0 Å². The molecule has 0 saturated carbocycles. The number of benzene rings is 3. The van der Waals surface area contributed by atoms with E-state index in [1.165, 1.54) is 16.7 Å². The Balaban J connectivity index is 1.39. The third kappa shape index (κ3) is 4.59. The number of thioether (sulfide) groups is 1. The predicted molar refractivity (Wildman–Crippen MR) is 145 cm³/mol. The van der Waals surface area contributed by atoms with Gasteiger partial charge in [-0.2, -0.15) is 0 Å². The average molecular weight is 603 g/mol. The number of carbonyl (C=O) groups is 1. The molecule has 1 saturated heterocycles. The van der Waals surface area contributed by atoms with E-state index in [9.17, 15) is 4.79 Å². The van der Waals surface area contributed by atoms with Gasteiger partial charge in [-0.1, -0.05) is 54.3 Å². The van der Waals surface area contributed by atoms with Crippen LogP contribution in [0, 0.1) is 3.57 Å². The van der Waals surface area contributed by atoms with Crippen LogP contribution in [0.1, 0.15) is 11.1 Å². The maximum atomic E-state index is 13.2. The van der Waals surface area contributed by atoms with Crippen molar-refractivity contribution in [2.75, 3.05) is 18.8 Å². The number of rotatable bonds is 6. The van der Waals surface area contributed by atoms with E-state index in [-0.39, 0.29) is 12.7 Å². The van der Waals surface area contributed by atoms with Crippen LogP contribution in [0.5, 0.6) is 23.0 Å². The Morgan fingerprint density at radius 2 is 1.91 bits per heavy atom. The third-order valence-corrected chi connectivity index (χ3v) is 7.29. The molecule has 172 valence electrons. The Morgan fingerprint density at radius 1 is 1.12 bits per heavy atom. The van der Waals surface area contributed by atoms with Crippen molar-refractivity contribution < 1.29 is 23.7 Å². The van der Waals surface area contributed by atoms with Gasteiger partial charge < -0.3 is 18.9 Å². The molecule has 34 heavy (non-hydrogen) atoms. The lowest BCUT2D eigenvalue weighted by Crippen LogP contribution is -2.27. The first-order valence-corrected chi connectivity index (χ1v) is 12.6. The van der Waals surface area contributed by atoms with Crippen LogP contribution in [-0.4, -0.2) is 24.1 Å². The summed E-state index contributed by atoms with van der Waals surface area (Å²) in [5.41, 5.74) is 2.53. The number of methoxy groups -OCH3 is 1. The molecule has 3 aromatic carbocycles. The predicted octanol–water partition coefficient (Wildman–Crippen LogP) is 6.01. The molecule has 0 radical (unpaired) electrons. The summed E-state index contributed by atoms with van der Waals surface area (Å²) in [5, 5.41) is 0. The van der Waals surface area contributed by atoms with Crippen molar-refractivity contribution in [3.8, 4) is 23.0 Å². The molecule has 0 N–H and O–H groups in total. The van der Waals surface area contributed by atoms with Gasteiger partial charge in [-0.15, -0.1) is 0 Å². The summed E-state index contributed by atoms with van der Waals surface area (Å²) in [7, 11) is 1.60. The van der Waals surface area contributed by atoms with Gasteiger partial charge in [0.25, 0.3) is 5.91 Å². The van der Waals surface area contributed by atoms with Crippen LogP contribution in [0.2, 0.25) is 0 Å². The minimum Gasteiger partial charge on any atom is -0.493 e. The highest BCUT2D eigenvalue weighted by molar-refractivity contribution is 14.1. The number of ether oxygens (including phenoxy) is 4. The highest BCUT2D eigenvalue weighted by atomic mass is 127. The molecule has 2 aliphatic rings. The van der Waals surface area contributed by atoms with E-state index in [0.29, 0.717) is 44.5 Å². The fourth-order valence-corrected chi connectivity index (χ4v) is 5.64. The van der Waals surface area contributed by atoms with Gasteiger partial charge in [0.2, 0.25) is 6.79 Å². The molecule has 9 heteroatoms. The van der Waals surface area contributed by atoms with Crippen molar-refractivity contribution in [2.45, 2.75) is 6.61 Å². The number of amides is 1. The SMILES string of the molecule is COc1cc(/C=C2/SC(=S)N(c3ccc4c(c3)OCO4)C2=O)cc(I)c1OCc1ccccc1. The lowest BCUT2D eigenvalue weighted by atomic mass is 10.1. The molecule has 0 aromatic heterocycles. The highest BCUT2D eigenvalue weighted by Gasteiger charge is 2.34. The summed E-state index contributed by atoms with van der Waals surface area (Å²) in [6.45, 7) is 0.601. The van der Waals surface area contributed by atoms with Gasteiger partial charge in [0.05, 0.1) is 21.3 Å². The van der Waals surface area contributed by atoms with Crippen molar-refractivity contribution in [3.63, 3.8) is 0 Å². The fraction of sp³-hybridized carbons (Fsp3) is 0.120. The first-order valence-electron chi connectivity index (χ1n) is 10.3. The minimum absolute atomic E-state index is 0.169. The molecule has 0 atom stereocenters. The van der Waals surface area contributed by atoms with Crippen molar-refractivity contribution >= 4 is 68.6 Å². The number of anilines is 1. The minimum atomic E-state index is -0.188. The number of carbonyl (C=O) groups excluding carboxylic acids is 1. The third-order valence-electron chi connectivity index (χ3n) is 5.18. The second-order valence-electron chi connectivity index (χ2n) is 7.36. The van der Waals surface area contributed by atoms with Crippen LogP contribution < -0.4 is 23.8 Å². The maximum Gasteiger partial charge on any atom is 0.270 e. The van der Waals surface area contributed by atoms with Crippen LogP contribution in [0.3, 0.4) is 0 Å². The van der Waals surface area contributed by atoms with E-state index >= 15 is 0 Å². The van der Waals surface area contributed by atoms with Gasteiger partial charge in [-0.3, -0.25) is 9.69 Å². The van der Waals surface area contributed by atoms with E-state index in [4.69, 9.17) is 31.2 Å². The maximum absolute atomic E-state index is 13.2. The first-order chi connectivity index (χ1) is 16.5. The second kappa shape index (κ2) is 9.85. The van der Waals surface area contributed by atoms with Crippen molar-refractivity contribution in [2.24, 2.45) is 0 Å². The zero-order valence-corrected chi connectivity index (χ0v) is 21.7. The molecule has 2 aliphatic heterocycles. The molecular weight excluding hydrogens is 585 g/mol. The number of nitrogens with zero attached hydrogens (tertiary/aromatic N) is 1. The lowest BCUT2D eigenvalue weighted by molar-refractivity contribution is -0.113. The molecule has 0 spiro atoms. The van der Waals surface area contributed by atoms with Gasteiger partial charge in [0, 0.05) is 6.07 Å². The smallest absolute Gasteiger partial charge is 0.270 e. The fourth-order valence-electron chi connectivity index (χ4n) is 3.56. The molecule has 0 aliphatic carbocycles. The van der Waals surface area contributed by atoms with Crippen molar-refractivity contribution in [1.29, 1.82) is 0 Å². The quantitative estimate of drug-likeness (QED) is 0.194. The summed E-state index contributed by atoms with van der Waals surface area (Å²) in [6, 6.07) is 19.1. The van der Waals surface area contributed by atoms with E-state index in [2.05, 4.69) is 22.6 Å². The molecule has 1 fully saturated rings. The van der Waals surface area contributed by atoms with Crippen LogP contribution >= 0.6 is 46.6 Å². The topological polar surface area (TPSA) is 57.2 Å². The summed E-state index contributed by atoms with van der Waals surface area (Å²) in [6.07, 6.45) is 1.82. The lowest BCUT2D eigenvalue weighted by Gasteiger charge is -2.15. The largest absolute Gasteiger partial charge is 0.493 e. The van der Waals surface area contributed by atoms with E-state index < -0.39 is 0 Å². The Kier molecular flexibility index (Phi) is 6.66. The normalized spacial score (nSPS) is 15.8. The van der Waals surface area contributed by atoms with E-state index in [1.54, 1.807) is 25.3 Å². The van der Waals surface area contributed by atoms with E-state index in [1.807, 2.05) is 48.5 Å². The highest BCUT2D eigenvalue weighted by Crippen LogP contribution is 2.42. The van der Waals surface area contributed by atoms with Crippen LogP contribution in [0.4, 0.5) is 5.69 Å². The zero-order chi connectivity index (χ0) is 23.7. The monoisotopic (exact) mass is 603 g/mol. The standard InChI is InChI=1S/C25H18INO5S2/c1-29-21-10-16(9-18(26)23(21)30-13-15-5-3-2-4-6-15)11-22-24(28)27(25(33)34-22)17-7-8-19-20(12-17)32-14-31-19/h2-12H,13-14H2,1H3/b22-11+. The summed E-state index contributed by atoms with van der Waals surface area (Å²) < 4.78 is 23.8. The van der Waals surface area contributed by atoms with Crippen LogP contribution in [0.25, 0.3) is 6.08 Å². The van der Waals surface area contributed by atoms with Gasteiger partial charge in [0.1, 0.15) is 6.61 Å². The first kappa shape index (κ1) is 23.0. The number of fused-ring (bicyclic) bond motifs is 1. The second-order valence-corrected chi connectivity index (χ2v) is 10.2. The molecule has 3 aromatic rings. The number of hydrogen-bond acceptors (Lipinski definition) is 7. The number of hydrogen-bond donors (Lipinski definition) is 0. The Labute approximate surface area is 220 Å². The Morgan fingerprint density at radius 3 is 2.71 bits per heavy atom. The summed E-state index contributed by atoms with van der Waals surface area (Å²) >= 11 is 8.98. The van der Waals surface area contributed by atoms with Gasteiger partial charge in [0.15, 0.2) is 27.3 Å². The van der Waals surface area contributed by atoms with Crippen LogP contribution in [-0.2, 0) is 11.4 Å². The van der Waals surface area contributed by atoms with E-state index in [0.717, 1.165) is 14.7 Å². The summed E-state index contributed by atoms with van der Waals surface area (Å²) in [5.74, 6) is 2.33. The molecule has 0 unspecified atom stereocenters. The van der Waals surface area contributed by atoms with Crippen LogP contribution in [0.15, 0.2) is 65.6 Å². The summed E-state index contributed by atoms with van der Waals surface area (Å²) in [4.78, 5) is 15.2. The molecule has 0 bridgehead atoms. The Hall–Kier alpha value is -2.76. The molecule has 2 heterocycles. The number of thiocarbonyl (C=S) groups is 1.